The van der Waals surface area contributed by atoms with Crippen LogP contribution in [0.4, 0.5) is 0 Å². The fourth-order valence-electron chi connectivity index (χ4n) is 3.21. The number of esters is 2. The quantitative estimate of drug-likeness (QED) is 0.333. The van der Waals surface area contributed by atoms with Gasteiger partial charge in [-0.2, -0.15) is 0 Å². The molecule has 4 nitrogen and oxygen atoms in total. The molecule has 4 atom stereocenters. The third-order valence-electron chi connectivity index (χ3n) is 4.35. The summed E-state index contributed by atoms with van der Waals surface area (Å²) in [5, 5.41) is 0. The zero-order chi connectivity index (χ0) is 15.7. The van der Waals surface area contributed by atoms with E-state index in [0.717, 1.165) is 11.5 Å². The summed E-state index contributed by atoms with van der Waals surface area (Å²) in [7, 11) is 0. The van der Waals surface area contributed by atoms with Crippen molar-refractivity contribution in [1.82, 2.24) is 0 Å². The molecule has 1 aliphatic carbocycles. The second-order valence-electron chi connectivity index (χ2n) is 5.87. The van der Waals surface area contributed by atoms with E-state index in [9.17, 15) is 9.59 Å². The smallest absolute Gasteiger partial charge is 0.497 e. The Balaban J connectivity index is 0.00000192. The molecule has 1 fully saturated rings. The van der Waals surface area contributed by atoms with E-state index in [1.807, 2.05) is 56.3 Å². The van der Waals surface area contributed by atoms with Gasteiger partial charge in [0.15, 0.2) is 0 Å². The van der Waals surface area contributed by atoms with Crippen molar-refractivity contribution in [3.8, 4) is 0 Å². The van der Waals surface area contributed by atoms with Crippen LogP contribution in [0.5, 0.6) is 0 Å². The number of carbonyl (C=O) groups excluding carboxylic acids is 2. The van der Waals surface area contributed by atoms with Crippen molar-refractivity contribution in [2.75, 3.05) is 0 Å². The summed E-state index contributed by atoms with van der Waals surface area (Å²) in [6.07, 6.45) is 3.41. The summed E-state index contributed by atoms with van der Waals surface area (Å²) in [6.45, 7) is 4.02. The summed E-state index contributed by atoms with van der Waals surface area (Å²) in [6, 6.07) is 9.57. The molecule has 0 amide bonds. The van der Waals surface area contributed by atoms with E-state index >= 15 is 0 Å². The summed E-state index contributed by atoms with van der Waals surface area (Å²) < 4.78 is 10.7. The van der Waals surface area contributed by atoms with E-state index in [1.54, 1.807) is 0 Å². The van der Waals surface area contributed by atoms with E-state index in [4.69, 9.17) is 9.47 Å². The van der Waals surface area contributed by atoms with Crippen molar-refractivity contribution >= 4 is 11.9 Å². The fraction of sp³-hybridized carbons (Fsp3) is 0.389. The topological polar surface area (TPSA) is 52.6 Å². The zero-order valence-electron chi connectivity index (χ0n) is 13.7. The first-order valence-corrected chi connectivity index (χ1v) is 7.54. The molecule has 116 valence electrons. The van der Waals surface area contributed by atoms with Gasteiger partial charge in [-0.3, -0.25) is 9.59 Å². The average molecular weight is 306 g/mol. The number of allylic oxidation sites excluding steroid dienone is 1. The minimum atomic E-state index is -0.417. The van der Waals surface area contributed by atoms with Crippen LogP contribution in [0, 0.1) is 23.7 Å². The molecule has 1 aromatic rings. The van der Waals surface area contributed by atoms with Gasteiger partial charge < -0.3 is 9.47 Å². The Morgan fingerprint density at radius 3 is 2.61 bits per heavy atom. The van der Waals surface area contributed by atoms with Crippen LogP contribution in [0.1, 0.15) is 19.4 Å². The van der Waals surface area contributed by atoms with Crippen molar-refractivity contribution in [3.63, 3.8) is 0 Å². The Hall–Kier alpha value is -1.50. The first kappa shape index (κ1) is 17.8. The Bertz CT molecular complexity index is 598. The second kappa shape index (κ2) is 7.38. The van der Waals surface area contributed by atoms with Crippen LogP contribution < -0.4 is 18.9 Å². The summed E-state index contributed by atoms with van der Waals surface area (Å²) >= 11 is 0. The Morgan fingerprint density at radius 2 is 1.91 bits per heavy atom. The van der Waals surface area contributed by atoms with Crippen LogP contribution in [-0.2, 0) is 25.7 Å². The molecule has 0 N–H and O–H groups in total. The van der Waals surface area contributed by atoms with Crippen molar-refractivity contribution in [1.29, 1.82) is 0 Å². The first-order valence-electron chi connectivity index (χ1n) is 7.54. The third kappa shape index (κ3) is 3.54. The molecule has 2 aliphatic rings. The van der Waals surface area contributed by atoms with Gasteiger partial charge in [-0.15, -0.1) is 6.08 Å². The molecule has 0 aromatic heterocycles. The van der Waals surface area contributed by atoms with Crippen molar-refractivity contribution < 1.29 is 37.9 Å². The molecule has 23 heavy (non-hydrogen) atoms. The number of fused-ring (bicyclic) bond motifs is 1. The average Bonchev–Trinajstić information content (AvgIpc) is 2.80. The third-order valence-corrected chi connectivity index (χ3v) is 4.35. The van der Waals surface area contributed by atoms with E-state index in [-0.39, 0.29) is 49.4 Å². The predicted molar refractivity (Wildman–Crippen MR) is 80.3 cm³/mol. The normalized spacial score (nSPS) is 29.4. The number of rotatable bonds is 3. The van der Waals surface area contributed by atoms with Gasteiger partial charge in [0, 0.05) is 0 Å². The maximum absolute atomic E-state index is 12.5. The number of benzene rings is 1. The van der Waals surface area contributed by atoms with E-state index in [0.29, 0.717) is 0 Å². The number of hydrogen-bond donors (Lipinski definition) is 0. The van der Waals surface area contributed by atoms with Crippen LogP contribution in [-0.4, -0.2) is 18.0 Å². The standard InChI is InChI=1S/C18H19O4.Li/c1-11-8-9-14-16(12(2)22-17(14)19)15(11)18(20)21-10-13-6-4-3-5-7-13;/h3-9,11-12,14-15H,10H2,1-2H3;/q-1;+1/t11-,12-,14-,15+;/m1./s1. The van der Waals surface area contributed by atoms with Gasteiger partial charge in [-0.1, -0.05) is 56.2 Å². The van der Waals surface area contributed by atoms with Gasteiger partial charge in [0.25, 0.3) is 11.9 Å². The minimum absolute atomic E-state index is 0. The monoisotopic (exact) mass is 306 g/mol. The zero-order valence-corrected chi connectivity index (χ0v) is 13.7. The van der Waals surface area contributed by atoms with Gasteiger partial charge >= 0.3 is 18.9 Å². The van der Waals surface area contributed by atoms with Crippen molar-refractivity contribution in [2.24, 2.45) is 17.8 Å². The molecular weight excluding hydrogens is 287 g/mol. The molecule has 0 saturated carbocycles. The van der Waals surface area contributed by atoms with Crippen LogP contribution in [0.2, 0.25) is 0 Å². The largest absolute Gasteiger partial charge is 1.00 e. The van der Waals surface area contributed by atoms with Crippen LogP contribution >= 0.6 is 0 Å². The van der Waals surface area contributed by atoms with E-state index in [1.165, 1.54) is 0 Å². The molecule has 0 unspecified atom stereocenters. The molecule has 5 heteroatoms. The molecule has 1 heterocycles. The van der Waals surface area contributed by atoms with Gasteiger partial charge in [-0.05, 0) is 23.5 Å². The first-order chi connectivity index (χ1) is 10.6. The molecule has 1 aliphatic heterocycles. The molecule has 1 saturated heterocycles. The summed E-state index contributed by atoms with van der Waals surface area (Å²) in [5.41, 5.74) is 0.947. The Labute approximate surface area is 148 Å². The SMILES string of the molecule is C[C@@H]1C=C[C@H]2C(=O)O[C@H](C)[C-]2[C@H]1C(=O)OCc1ccccc1.[Li+]. The van der Waals surface area contributed by atoms with Crippen molar-refractivity contribution in [3.05, 3.63) is 54.0 Å². The van der Waals surface area contributed by atoms with Crippen LogP contribution in [0.25, 0.3) is 0 Å². The second-order valence-corrected chi connectivity index (χ2v) is 5.87. The summed E-state index contributed by atoms with van der Waals surface area (Å²) in [4.78, 5) is 24.4. The maximum Gasteiger partial charge on any atom is 1.00 e. The predicted octanol–water partition coefficient (Wildman–Crippen LogP) is -0.308. The number of ether oxygens (including phenoxy) is 2. The molecule has 0 spiro atoms. The van der Waals surface area contributed by atoms with Gasteiger partial charge in [0.1, 0.15) is 6.61 Å². The maximum atomic E-state index is 12.5. The fourth-order valence-corrected chi connectivity index (χ4v) is 3.21. The van der Waals surface area contributed by atoms with E-state index in [2.05, 4.69) is 0 Å². The number of hydrogen-bond acceptors (Lipinski definition) is 4. The summed E-state index contributed by atoms with van der Waals surface area (Å²) in [5.74, 6) is -0.539. The molecule has 0 bridgehead atoms. The van der Waals surface area contributed by atoms with Gasteiger partial charge in [0.05, 0.1) is 0 Å². The van der Waals surface area contributed by atoms with E-state index < -0.39 is 11.8 Å². The van der Waals surface area contributed by atoms with Crippen LogP contribution in [0.3, 0.4) is 0 Å². The number of carbonyl (C=O) groups is 2. The number of cyclic esters (lactones) is 1. The molecular formula is C18H19LiO4. The molecule has 0 radical (unpaired) electrons. The van der Waals surface area contributed by atoms with Crippen molar-refractivity contribution in [2.45, 2.75) is 26.6 Å². The van der Waals surface area contributed by atoms with Gasteiger partial charge in [-0.25, -0.2) is 5.92 Å². The Morgan fingerprint density at radius 1 is 1.22 bits per heavy atom. The van der Waals surface area contributed by atoms with Gasteiger partial charge in [0.2, 0.25) is 0 Å². The minimum Gasteiger partial charge on any atom is -0.497 e. The Kier molecular flexibility index (Phi) is 5.72. The molecule has 3 rings (SSSR count). The molecule has 1 aromatic carbocycles. The van der Waals surface area contributed by atoms with Crippen LogP contribution in [0.15, 0.2) is 42.5 Å².